The number of aliphatic carboxylic acids is 1. The number of rotatable bonds is 7. The number of fused-ring (bicyclic) bond motifs is 1. The molecule has 0 aromatic heterocycles. The summed E-state index contributed by atoms with van der Waals surface area (Å²) in [6.45, 7) is 1.37. The Hall–Kier alpha value is -3.03. The molecule has 1 aliphatic rings. The van der Waals surface area contributed by atoms with E-state index >= 15 is 0 Å². The lowest BCUT2D eigenvalue weighted by atomic mass is 9.83. The third-order valence-electron chi connectivity index (χ3n) is 5.70. The van der Waals surface area contributed by atoms with Crippen molar-refractivity contribution in [3.05, 3.63) is 65.2 Å². The van der Waals surface area contributed by atoms with Gasteiger partial charge in [0.1, 0.15) is 0 Å². The van der Waals surface area contributed by atoms with Gasteiger partial charge in [0, 0.05) is 37.2 Å². The predicted octanol–water partition coefficient (Wildman–Crippen LogP) is 5.00. The van der Waals surface area contributed by atoms with Gasteiger partial charge in [0.25, 0.3) is 0 Å². The molecular formula is C24H29F3N2O3. The normalized spacial score (nSPS) is 16.0. The summed E-state index contributed by atoms with van der Waals surface area (Å²) >= 11 is 0. The molecule has 0 bridgehead atoms. The van der Waals surface area contributed by atoms with Crippen LogP contribution in [-0.4, -0.2) is 41.7 Å². The number of alkyl halides is 3. The molecular weight excluding hydrogens is 421 g/mol. The van der Waals surface area contributed by atoms with E-state index in [0.29, 0.717) is 12.6 Å². The van der Waals surface area contributed by atoms with Gasteiger partial charge in [-0.2, -0.15) is 13.2 Å². The van der Waals surface area contributed by atoms with E-state index in [1.54, 1.807) is 11.9 Å². The molecule has 2 N–H and O–H groups in total. The molecule has 1 aliphatic carbocycles. The number of carbonyl (C=O) groups excluding carboxylic acids is 1. The molecule has 0 saturated carbocycles. The van der Waals surface area contributed by atoms with Gasteiger partial charge < -0.3 is 15.3 Å². The molecule has 0 fully saturated rings. The van der Waals surface area contributed by atoms with E-state index in [-0.39, 0.29) is 24.2 Å². The Morgan fingerprint density at radius 2 is 1.69 bits per heavy atom. The van der Waals surface area contributed by atoms with Gasteiger partial charge in [0.05, 0.1) is 6.42 Å². The van der Waals surface area contributed by atoms with Crippen molar-refractivity contribution in [2.24, 2.45) is 0 Å². The molecule has 1 atom stereocenters. The number of hydrogen-bond donors (Lipinski definition) is 2. The number of halogens is 3. The molecule has 8 heteroatoms. The van der Waals surface area contributed by atoms with Crippen molar-refractivity contribution in [1.82, 2.24) is 4.90 Å². The second-order valence-corrected chi connectivity index (χ2v) is 8.37. The smallest absolute Gasteiger partial charge is 0.379 e. The molecule has 0 aliphatic heterocycles. The van der Waals surface area contributed by atoms with Gasteiger partial charge in [0.15, 0.2) is 0 Å². The fourth-order valence-electron chi connectivity index (χ4n) is 3.90. The molecule has 0 spiro atoms. The molecule has 0 heterocycles. The first-order valence-corrected chi connectivity index (χ1v) is 10.3. The molecule has 5 nitrogen and oxygen atoms in total. The van der Waals surface area contributed by atoms with Crippen LogP contribution in [0.25, 0.3) is 0 Å². The summed E-state index contributed by atoms with van der Waals surface area (Å²) in [7, 11) is 1.70. The zero-order chi connectivity index (χ0) is 23.9. The summed E-state index contributed by atoms with van der Waals surface area (Å²) in [5.74, 6) is -1.11. The maximum absolute atomic E-state index is 12.0. The molecule has 1 amide bonds. The van der Waals surface area contributed by atoms with Gasteiger partial charge in [-0.25, -0.2) is 0 Å². The number of nitrogens with zero attached hydrogens (tertiary/aromatic N) is 1. The third kappa shape index (κ3) is 7.00. The van der Waals surface area contributed by atoms with Gasteiger partial charge in [0.2, 0.25) is 5.91 Å². The van der Waals surface area contributed by atoms with Gasteiger partial charge in [-0.1, -0.05) is 50.2 Å². The first-order chi connectivity index (χ1) is 15.0. The summed E-state index contributed by atoms with van der Waals surface area (Å²) in [5, 5.41) is 12.4. The van der Waals surface area contributed by atoms with Crippen LogP contribution in [0.1, 0.15) is 43.4 Å². The first-order valence-electron chi connectivity index (χ1n) is 10.3. The van der Waals surface area contributed by atoms with Crippen LogP contribution in [0.5, 0.6) is 0 Å². The maximum atomic E-state index is 12.0. The van der Waals surface area contributed by atoms with Crippen molar-refractivity contribution in [3.63, 3.8) is 0 Å². The Labute approximate surface area is 186 Å². The van der Waals surface area contributed by atoms with E-state index in [1.807, 2.05) is 24.3 Å². The molecule has 1 unspecified atom stereocenters. The largest absolute Gasteiger partial charge is 0.481 e. The lowest BCUT2D eigenvalue weighted by molar-refractivity contribution is -0.140. The van der Waals surface area contributed by atoms with E-state index in [2.05, 4.69) is 43.4 Å². The van der Waals surface area contributed by atoms with E-state index in [0.717, 1.165) is 17.7 Å². The Kier molecular flexibility index (Phi) is 8.69. The van der Waals surface area contributed by atoms with Crippen molar-refractivity contribution >= 4 is 17.6 Å². The van der Waals surface area contributed by atoms with Crippen molar-refractivity contribution in [2.45, 2.75) is 57.8 Å². The van der Waals surface area contributed by atoms with E-state index in [9.17, 15) is 22.8 Å². The Morgan fingerprint density at radius 3 is 2.25 bits per heavy atom. The molecule has 32 heavy (non-hydrogen) atoms. The summed E-state index contributed by atoms with van der Waals surface area (Å²) in [4.78, 5) is 24.2. The number of carbonyl (C=O) groups is 2. The van der Waals surface area contributed by atoms with Crippen molar-refractivity contribution in [2.75, 3.05) is 12.4 Å². The fourth-order valence-corrected chi connectivity index (χ4v) is 3.90. The minimum absolute atomic E-state index is 0.0306. The predicted molar refractivity (Wildman–Crippen MR) is 117 cm³/mol. The zero-order valence-corrected chi connectivity index (χ0v) is 18.4. The number of carboxylic acid groups (broad SMARTS) is 1. The number of amides is 1. The van der Waals surface area contributed by atoms with Crippen LogP contribution in [0.3, 0.4) is 0 Å². The van der Waals surface area contributed by atoms with Crippen molar-refractivity contribution in [3.8, 4) is 0 Å². The van der Waals surface area contributed by atoms with Crippen LogP contribution in [0.2, 0.25) is 0 Å². The first kappa shape index (κ1) is 25.2. The SMILES string of the molecule is CN(Cc1ccc(NC2Cc3ccccc3C2(C)C)cc1)C(=O)CCC(=O)O.FC(F)F. The molecule has 2 aromatic carbocycles. The summed E-state index contributed by atoms with van der Waals surface area (Å²) in [6, 6.07) is 17.1. The molecule has 2 aromatic rings. The van der Waals surface area contributed by atoms with Gasteiger partial charge in [-0.05, 0) is 35.2 Å². The molecule has 3 rings (SSSR count). The van der Waals surface area contributed by atoms with Gasteiger partial charge in [-0.3, -0.25) is 9.59 Å². The van der Waals surface area contributed by atoms with Gasteiger partial charge >= 0.3 is 12.6 Å². The van der Waals surface area contributed by atoms with Crippen LogP contribution in [-0.2, 0) is 28.0 Å². The highest BCUT2D eigenvalue weighted by atomic mass is 19.4. The van der Waals surface area contributed by atoms with Crippen LogP contribution < -0.4 is 5.32 Å². The minimum Gasteiger partial charge on any atom is -0.481 e. The average Bonchev–Trinajstić information content (AvgIpc) is 2.97. The number of benzene rings is 2. The minimum atomic E-state index is -3.67. The summed E-state index contributed by atoms with van der Waals surface area (Å²) in [5.41, 5.74) is 4.96. The van der Waals surface area contributed by atoms with E-state index in [1.165, 1.54) is 11.1 Å². The molecule has 174 valence electrons. The highest BCUT2D eigenvalue weighted by Crippen LogP contribution is 2.39. The Bertz CT molecular complexity index is 914. The van der Waals surface area contributed by atoms with Crippen molar-refractivity contribution in [1.29, 1.82) is 0 Å². The third-order valence-corrected chi connectivity index (χ3v) is 5.70. The fraction of sp³-hybridized carbons (Fsp3) is 0.417. The van der Waals surface area contributed by atoms with E-state index in [4.69, 9.17) is 5.11 Å². The molecule has 0 radical (unpaired) electrons. The Balaban J connectivity index is 0.000000837. The Morgan fingerprint density at radius 1 is 1.09 bits per heavy atom. The second-order valence-electron chi connectivity index (χ2n) is 8.37. The average molecular weight is 451 g/mol. The lowest BCUT2D eigenvalue weighted by Gasteiger charge is -2.30. The summed E-state index contributed by atoms with van der Waals surface area (Å²) in [6.07, 6.45) is 0.903. The van der Waals surface area contributed by atoms with E-state index < -0.39 is 12.6 Å². The maximum Gasteiger partial charge on any atom is 0.379 e. The number of carboxylic acids is 1. The topological polar surface area (TPSA) is 69.6 Å². The van der Waals surface area contributed by atoms with Gasteiger partial charge in [-0.15, -0.1) is 0 Å². The summed E-state index contributed by atoms with van der Waals surface area (Å²) < 4.78 is 29.0. The monoisotopic (exact) mass is 450 g/mol. The van der Waals surface area contributed by atoms with Crippen LogP contribution >= 0.6 is 0 Å². The number of anilines is 1. The van der Waals surface area contributed by atoms with Crippen LogP contribution in [0.4, 0.5) is 18.9 Å². The zero-order valence-electron chi connectivity index (χ0n) is 18.4. The van der Waals surface area contributed by atoms with Crippen LogP contribution in [0.15, 0.2) is 48.5 Å². The quantitative estimate of drug-likeness (QED) is 0.623. The highest BCUT2D eigenvalue weighted by molar-refractivity contribution is 5.80. The second kappa shape index (κ2) is 11.0. The standard InChI is InChI=1S/C23H28N2O3.CHF3/c1-23(2)19-7-5-4-6-17(19)14-20(23)24-18-10-8-16(9-11-18)15-25(3)21(26)12-13-22(27)28;2-1(3)4/h4-11,20,24H,12-15H2,1-3H3,(H,27,28);1H. The number of hydrogen-bond acceptors (Lipinski definition) is 3. The lowest BCUT2D eigenvalue weighted by Crippen LogP contribution is -2.36. The van der Waals surface area contributed by atoms with Crippen LogP contribution in [0, 0.1) is 0 Å². The van der Waals surface area contributed by atoms with Crippen molar-refractivity contribution < 1.29 is 27.9 Å². The highest BCUT2D eigenvalue weighted by Gasteiger charge is 2.38. The molecule has 0 saturated heterocycles. The number of nitrogens with one attached hydrogen (secondary N) is 1.